The second-order valence-electron chi connectivity index (χ2n) is 4.45. The van der Waals surface area contributed by atoms with Crippen LogP contribution < -0.4 is 5.32 Å². The summed E-state index contributed by atoms with van der Waals surface area (Å²) in [5.41, 5.74) is 0.692. The van der Waals surface area contributed by atoms with Crippen LogP contribution in [0, 0.1) is 6.92 Å². The van der Waals surface area contributed by atoms with Gasteiger partial charge in [0.1, 0.15) is 11.9 Å². The molecule has 1 saturated heterocycles. The van der Waals surface area contributed by atoms with Crippen molar-refractivity contribution < 1.29 is 14.7 Å². The normalized spacial score (nSPS) is 21.8. The number of nitrogens with zero attached hydrogens (tertiary/aromatic N) is 3. The van der Waals surface area contributed by atoms with Crippen molar-refractivity contribution in [2.45, 2.75) is 31.8 Å². The van der Waals surface area contributed by atoms with E-state index < -0.39 is 12.0 Å². The molecular weight excluding hydrogens is 280 g/mol. The first-order chi connectivity index (χ1) is 9.49. The Hall–Kier alpha value is -1.83. The van der Waals surface area contributed by atoms with Crippen molar-refractivity contribution in [3.05, 3.63) is 23.8 Å². The van der Waals surface area contributed by atoms with Gasteiger partial charge in [0, 0.05) is 11.9 Å². The molecule has 1 aliphatic heterocycles. The number of aromatic nitrogens is 2. The molecule has 8 heteroatoms. The number of hydrogen-bond acceptors (Lipinski definition) is 5. The van der Waals surface area contributed by atoms with Crippen LogP contribution in [-0.4, -0.2) is 49.1 Å². The molecule has 20 heavy (non-hydrogen) atoms. The summed E-state index contributed by atoms with van der Waals surface area (Å²) < 4.78 is 0. The van der Waals surface area contributed by atoms with E-state index in [1.165, 1.54) is 16.7 Å². The summed E-state index contributed by atoms with van der Waals surface area (Å²) >= 11 is 1.45. The van der Waals surface area contributed by atoms with Crippen LogP contribution in [0.1, 0.15) is 18.4 Å². The second kappa shape index (κ2) is 6.08. The predicted octanol–water partition coefficient (Wildman–Crippen LogP) is 0.843. The van der Waals surface area contributed by atoms with E-state index in [4.69, 9.17) is 5.11 Å². The van der Waals surface area contributed by atoms with E-state index >= 15 is 0 Å². The van der Waals surface area contributed by atoms with Gasteiger partial charge in [-0.2, -0.15) is 0 Å². The first kappa shape index (κ1) is 14.6. The Balaban J connectivity index is 1.99. The Morgan fingerprint density at radius 2 is 2.35 bits per heavy atom. The molecule has 2 atom stereocenters. The molecule has 0 saturated carbocycles. The second-order valence-corrected chi connectivity index (χ2v) is 5.80. The number of aryl methyl sites for hydroxylation is 1. The zero-order chi connectivity index (χ0) is 14.7. The zero-order valence-corrected chi connectivity index (χ0v) is 12.1. The summed E-state index contributed by atoms with van der Waals surface area (Å²) in [5.74, 6) is 0.0661. The molecule has 0 radical (unpaired) electrons. The molecule has 0 aromatic carbocycles. The Bertz CT molecular complexity index is 525. The lowest BCUT2D eigenvalue weighted by Gasteiger charge is -2.25. The Morgan fingerprint density at radius 1 is 1.60 bits per heavy atom. The summed E-state index contributed by atoms with van der Waals surface area (Å²) in [6.45, 7) is 3.84. The topological polar surface area (TPSA) is 95.4 Å². The number of nitrogens with one attached hydrogen (secondary N) is 1. The van der Waals surface area contributed by atoms with E-state index in [0.717, 1.165) is 0 Å². The van der Waals surface area contributed by atoms with Crippen LogP contribution in [-0.2, 0) is 11.3 Å². The lowest BCUT2D eigenvalue weighted by Crippen LogP contribution is -2.49. The van der Waals surface area contributed by atoms with E-state index in [1.807, 2.05) is 6.92 Å². The molecule has 0 spiro atoms. The average molecular weight is 296 g/mol. The SMILES string of the molecule is Cc1nccc(CNC(=O)N2C(C)SCC2C(=O)O)n1. The third kappa shape index (κ3) is 3.19. The molecule has 2 unspecified atom stereocenters. The number of aliphatic carboxylic acids is 1. The van der Waals surface area contributed by atoms with Gasteiger partial charge in [0.2, 0.25) is 0 Å². The number of hydrogen-bond donors (Lipinski definition) is 2. The smallest absolute Gasteiger partial charge is 0.327 e. The van der Waals surface area contributed by atoms with Gasteiger partial charge in [-0.15, -0.1) is 11.8 Å². The molecular formula is C12H16N4O3S. The Morgan fingerprint density at radius 3 is 3.00 bits per heavy atom. The van der Waals surface area contributed by atoms with E-state index in [0.29, 0.717) is 17.3 Å². The lowest BCUT2D eigenvalue weighted by atomic mass is 10.3. The number of urea groups is 1. The van der Waals surface area contributed by atoms with Crippen LogP contribution in [0.4, 0.5) is 4.79 Å². The van der Waals surface area contributed by atoms with E-state index in [1.54, 1.807) is 19.2 Å². The third-order valence-electron chi connectivity index (χ3n) is 3.00. The van der Waals surface area contributed by atoms with Gasteiger partial charge in [-0.3, -0.25) is 4.90 Å². The number of rotatable bonds is 3. The molecule has 2 heterocycles. The summed E-state index contributed by atoms with van der Waals surface area (Å²) in [7, 11) is 0. The first-order valence-electron chi connectivity index (χ1n) is 6.18. The van der Waals surface area contributed by atoms with Gasteiger partial charge < -0.3 is 10.4 Å². The van der Waals surface area contributed by atoms with Gasteiger partial charge in [-0.25, -0.2) is 19.6 Å². The van der Waals surface area contributed by atoms with E-state index in [2.05, 4.69) is 15.3 Å². The van der Waals surface area contributed by atoms with E-state index in [-0.39, 0.29) is 17.9 Å². The molecule has 7 nitrogen and oxygen atoms in total. The van der Waals surface area contributed by atoms with Crippen molar-refractivity contribution >= 4 is 23.8 Å². The minimum absolute atomic E-state index is 0.150. The van der Waals surface area contributed by atoms with Crippen LogP contribution in [0.25, 0.3) is 0 Å². The van der Waals surface area contributed by atoms with Crippen molar-refractivity contribution in [3.63, 3.8) is 0 Å². The average Bonchev–Trinajstić information content (AvgIpc) is 2.78. The monoisotopic (exact) mass is 296 g/mol. The number of carbonyl (C=O) groups is 2. The van der Waals surface area contributed by atoms with Crippen molar-refractivity contribution in [1.29, 1.82) is 0 Å². The molecule has 2 N–H and O–H groups in total. The fourth-order valence-corrected chi connectivity index (χ4v) is 3.17. The van der Waals surface area contributed by atoms with Crippen LogP contribution >= 0.6 is 11.8 Å². The summed E-state index contributed by atoms with van der Waals surface area (Å²) in [6, 6.07) is 0.553. The van der Waals surface area contributed by atoms with Crippen molar-refractivity contribution in [3.8, 4) is 0 Å². The largest absolute Gasteiger partial charge is 0.480 e. The minimum Gasteiger partial charge on any atom is -0.480 e. The van der Waals surface area contributed by atoms with Crippen LogP contribution in [0.5, 0.6) is 0 Å². The van der Waals surface area contributed by atoms with Crippen LogP contribution in [0.2, 0.25) is 0 Å². The van der Waals surface area contributed by atoms with Crippen molar-refractivity contribution in [1.82, 2.24) is 20.2 Å². The van der Waals surface area contributed by atoms with Crippen molar-refractivity contribution in [2.75, 3.05) is 5.75 Å². The molecule has 1 fully saturated rings. The zero-order valence-electron chi connectivity index (χ0n) is 11.2. The fourth-order valence-electron chi connectivity index (χ4n) is 2.00. The summed E-state index contributed by atoms with van der Waals surface area (Å²) in [6.07, 6.45) is 1.62. The summed E-state index contributed by atoms with van der Waals surface area (Å²) in [5, 5.41) is 11.7. The highest BCUT2D eigenvalue weighted by atomic mass is 32.2. The highest BCUT2D eigenvalue weighted by molar-refractivity contribution is 8.00. The summed E-state index contributed by atoms with van der Waals surface area (Å²) in [4.78, 5) is 32.8. The number of carbonyl (C=O) groups excluding carboxylic acids is 1. The number of amides is 2. The predicted molar refractivity (Wildman–Crippen MR) is 74.2 cm³/mol. The van der Waals surface area contributed by atoms with Crippen molar-refractivity contribution in [2.24, 2.45) is 0 Å². The fraction of sp³-hybridized carbons (Fsp3) is 0.500. The van der Waals surface area contributed by atoms with Gasteiger partial charge >= 0.3 is 12.0 Å². The Labute approximate surface area is 120 Å². The maximum Gasteiger partial charge on any atom is 0.327 e. The lowest BCUT2D eigenvalue weighted by molar-refractivity contribution is -0.141. The van der Waals surface area contributed by atoms with Gasteiger partial charge in [0.15, 0.2) is 0 Å². The van der Waals surface area contributed by atoms with E-state index in [9.17, 15) is 9.59 Å². The van der Waals surface area contributed by atoms with Gasteiger partial charge in [0.05, 0.1) is 17.6 Å². The van der Waals surface area contributed by atoms with Gasteiger partial charge in [-0.05, 0) is 19.9 Å². The molecule has 108 valence electrons. The molecule has 1 aromatic rings. The van der Waals surface area contributed by atoms with Gasteiger partial charge in [0.25, 0.3) is 0 Å². The van der Waals surface area contributed by atoms with Crippen LogP contribution in [0.15, 0.2) is 12.3 Å². The molecule has 2 amide bonds. The highest BCUT2D eigenvalue weighted by Crippen LogP contribution is 2.28. The molecule has 2 rings (SSSR count). The maximum absolute atomic E-state index is 12.1. The number of carboxylic acids is 1. The molecule has 0 bridgehead atoms. The quantitative estimate of drug-likeness (QED) is 0.858. The standard InChI is InChI=1S/C12H16N4O3S/c1-7-13-4-3-9(15-7)5-14-12(19)16-8(2)20-6-10(16)11(17)18/h3-4,8,10H,5-6H2,1-2H3,(H,14,19)(H,17,18). The maximum atomic E-state index is 12.1. The minimum atomic E-state index is -0.977. The highest BCUT2D eigenvalue weighted by Gasteiger charge is 2.39. The van der Waals surface area contributed by atoms with Gasteiger partial charge in [-0.1, -0.05) is 0 Å². The first-order valence-corrected chi connectivity index (χ1v) is 7.23. The molecule has 1 aromatic heterocycles. The van der Waals surface area contributed by atoms with Crippen LogP contribution in [0.3, 0.4) is 0 Å². The number of thioether (sulfide) groups is 1. The third-order valence-corrected chi connectivity index (χ3v) is 4.21. The number of carboxylic acid groups (broad SMARTS) is 1. The Kier molecular flexibility index (Phi) is 4.43. The molecule has 1 aliphatic rings. The molecule has 0 aliphatic carbocycles.